The Hall–Kier alpha value is -1.35. The molecule has 1 aromatic carbocycles. The van der Waals surface area contributed by atoms with Gasteiger partial charge in [0.2, 0.25) is 5.91 Å². The van der Waals surface area contributed by atoms with Crippen molar-refractivity contribution in [3.63, 3.8) is 0 Å². The number of carbonyl (C=O) groups excluding carboxylic acids is 1. The van der Waals surface area contributed by atoms with Gasteiger partial charge < -0.3 is 10.6 Å². The van der Waals surface area contributed by atoms with E-state index in [0.29, 0.717) is 12.5 Å². The largest absolute Gasteiger partial charge is 0.355 e. The molecule has 0 bridgehead atoms. The van der Waals surface area contributed by atoms with Gasteiger partial charge in [-0.1, -0.05) is 45.0 Å². The molecule has 3 nitrogen and oxygen atoms in total. The highest BCUT2D eigenvalue weighted by molar-refractivity contribution is 5.78. The van der Waals surface area contributed by atoms with Crippen LogP contribution in [0, 0.1) is 11.8 Å². The number of benzene rings is 1. The first-order valence-corrected chi connectivity index (χ1v) is 8.19. The predicted molar refractivity (Wildman–Crippen MR) is 87.1 cm³/mol. The fourth-order valence-electron chi connectivity index (χ4n) is 2.54. The number of nitrogens with one attached hydrogen (secondary N) is 2. The van der Waals surface area contributed by atoms with Crippen molar-refractivity contribution in [1.29, 1.82) is 0 Å². The molecule has 3 heteroatoms. The Morgan fingerprint density at radius 1 is 1.24 bits per heavy atom. The minimum atomic E-state index is 0.109. The SMILES string of the molecule is CCc1ccc(C(NCC(=O)NCC2CC2)C(C)C)cc1. The van der Waals surface area contributed by atoms with Crippen LogP contribution in [0.25, 0.3) is 0 Å². The molecule has 1 aromatic rings. The van der Waals surface area contributed by atoms with E-state index in [0.717, 1.165) is 18.9 Å². The summed E-state index contributed by atoms with van der Waals surface area (Å²) >= 11 is 0. The van der Waals surface area contributed by atoms with E-state index in [1.165, 1.54) is 24.0 Å². The Labute approximate surface area is 128 Å². The van der Waals surface area contributed by atoms with Gasteiger partial charge in [-0.3, -0.25) is 4.79 Å². The highest BCUT2D eigenvalue weighted by Crippen LogP contribution is 2.27. The third-order valence-electron chi connectivity index (χ3n) is 4.18. The van der Waals surface area contributed by atoms with Crippen molar-refractivity contribution in [2.45, 2.75) is 46.1 Å². The third kappa shape index (κ3) is 5.16. The molecule has 0 spiro atoms. The first kappa shape index (κ1) is 16.0. The standard InChI is InChI=1S/C18H28N2O/c1-4-14-7-9-16(10-8-14)18(13(2)3)20-12-17(21)19-11-15-5-6-15/h7-10,13,15,18,20H,4-6,11-12H2,1-3H3,(H,19,21). The van der Waals surface area contributed by atoms with Crippen LogP contribution in [-0.4, -0.2) is 19.0 Å². The molecule has 2 N–H and O–H groups in total. The molecular formula is C18H28N2O. The normalized spacial score (nSPS) is 16.0. The monoisotopic (exact) mass is 288 g/mol. The number of aryl methyl sites for hydroxylation is 1. The van der Waals surface area contributed by atoms with E-state index in [-0.39, 0.29) is 11.9 Å². The van der Waals surface area contributed by atoms with Gasteiger partial charge in [-0.05, 0) is 42.2 Å². The molecule has 0 radical (unpaired) electrons. The van der Waals surface area contributed by atoms with Gasteiger partial charge >= 0.3 is 0 Å². The van der Waals surface area contributed by atoms with Crippen molar-refractivity contribution >= 4 is 5.91 Å². The Morgan fingerprint density at radius 3 is 2.43 bits per heavy atom. The van der Waals surface area contributed by atoms with E-state index >= 15 is 0 Å². The Kier molecular flexibility index (Phi) is 5.80. The van der Waals surface area contributed by atoms with E-state index in [1.807, 2.05) is 0 Å². The van der Waals surface area contributed by atoms with Crippen molar-refractivity contribution in [3.8, 4) is 0 Å². The van der Waals surface area contributed by atoms with E-state index in [9.17, 15) is 4.79 Å². The molecule has 0 aromatic heterocycles. The van der Waals surface area contributed by atoms with Crippen molar-refractivity contribution in [3.05, 3.63) is 35.4 Å². The average Bonchev–Trinajstić information content (AvgIpc) is 3.30. The average molecular weight is 288 g/mol. The van der Waals surface area contributed by atoms with Crippen LogP contribution < -0.4 is 10.6 Å². The summed E-state index contributed by atoms with van der Waals surface area (Å²) in [4.78, 5) is 11.9. The zero-order valence-corrected chi connectivity index (χ0v) is 13.5. The highest BCUT2D eigenvalue weighted by Gasteiger charge is 2.22. The number of rotatable bonds is 8. The lowest BCUT2D eigenvalue weighted by molar-refractivity contribution is -0.120. The van der Waals surface area contributed by atoms with Gasteiger partial charge in [-0.2, -0.15) is 0 Å². The van der Waals surface area contributed by atoms with Crippen molar-refractivity contribution in [1.82, 2.24) is 10.6 Å². The lowest BCUT2D eigenvalue weighted by Gasteiger charge is -2.23. The first-order chi connectivity index (χ1) is 10.1. The Bertz CT molecular complexity index is 449. The van der Waals surface area contributed by atoms with Gasteiger partial charge in [0.1, 0.15) is 0 Å². The maximum absolute atomic E-state index is 11.9. The maximum Gasteiger partial charge on any atom is 0.233 e. The molecule has 1 fully saturated rings. The van der Waals surface area contributed by atoms with Gasteiger partial charge in [0, 0.05) is 12.6 Å². The van der Waals surface area contributed by atoms with Crippen LogP contribution in [0.5, 0.6) is 0 Å². The minimum Gasteiger partial charge on any atom is -0.355 e. The number of hydrogen-bond acceptors (Lipinski definition) is 2. The summed E-state index contributed by atoms with van der Waals surface area (Å²) in [6.45, 7) is 7.78. The summed E-state index contributed by atoms with van der Waals surface area (Å²) in [5.41, 5.74) is 2.61. The van der Waals surface area contributed by atoms with E-state index in [4.69, 9.17) is 0 Å². The molecular weight excluding hydrogens is 260 g/mol. The second kappa shape index (κ2) is 7.60. The van der Waals surface area contributed by atoms with Crippen LogP contribution >= 0.6 is 0 Å². The van der Waals surface area contributed by atoms with Crippen molar-refractivity contribution in [2.75, 3.05) is 13.1 Å². The Morgan fingerprint density at radius 2 is 1.90 bits per heavy atom. The zero-order valence-electron chi connectivity index (χ0n) is 13.5. The third-order valence-corrected chi connectivity index (χ3v) is 4.18. The summed E-state index contributed by atoms with van der Waals surface area (Å²) in [6.07, 6.45) is 3.60. The molecule has 116 valence electrons. The fourth-order valence-corrected chi connectivity index (χ4v) is 2.54. The smallest absolute Gasteiger partial charge is 0.233 e. The molecule has 0 saturated heterocycles. The van der Waals surface area contributed by atoms with Gasteiger partial charge in [0.15, 0.2) is 0 Å². The van der Waals surface area contributed by atoms with Gasteiger partial charge in [0.25, 0.3) is 0 Å². The van der Waals surface area contributed by atoms with Crippen LogP contribution in [0.15, 0.2) is 24.3 Å². The minimum absolute atomic E-state index is 0.109. The van der Waals surface area contributed by atoms with E-state index < -0.39 is 0 Å². The summed E-state index contributed by atoms with van der Waals surface area (Å²) in [7, 11) is 0. The highest BCUT2D eigenvalue weighted by atomic mass is 16.1. The van der Waals surface area contributed by atoms with Crippen molar-refractivity contribution in [2.24, 2.45) is 11.8 Å². The molecule has 1 unspecified atom stereocenters. The van der Waals surface area contributed by atoms with E-state index in [2.05, 4.69) is 55.7 Å². The van der Waals surface area contributed by atoms with Gasteiger partial charge in [0.05, 0.1) is 6.54 Å². The molecule has 0 aliphatic heterocycles. The number of carbonyl (C=O) groups is 1. The molecule has 0 heterocycles. The van der Waals surface area contributed by atoms with Crippen LogP contribution in [-0.2, 0) is 11.2 Å². The van der Waals surface area contributed by atoms with Crippen LogP contribution in [0.2, 0.25) is 0 Å². The summed E-state index contributed by atoms with van der Waals surface area (Å²) < 4.78 is 0. The number of amides is 1. The fraction of sp³-hybridized carbons (Fsp3) is 0.611. The molecule has 1 aliphatic carbocycles. The molecule has 2 rings (SSSR count). The molecule has 1 amide bonds. The molecule has 21 heavy (non-hydrogen) atoms. The summed E-state index contributed by atoms with van der Waals surface area (Å²) in [6, 6.07) is 8.94. The summed E-state index contributed by atoms with van der Waals surface area (Å²) in [5, 5.41) is 6.41. The lowest BCUT2D eigenvalue weighted by Crippen LogP contribution is -2.38. The second-order valence-electron chi connectivity index (χ2n) is 6.45. The molecule has 1 atom stereocenters. The summed E-state index contributed by atoms with van der Waals surface area (Å²) in [5.74, 6) is 1.29. The zero-order chi connectivity index (χ0) is 15.2. The van der Waals surface area contributed by atoms with Gasteiger partial charge in [-0.15, -0.1) is 0 Å². The lowest BCUT2D eigenvalue weighted by atomic mass is 9.95. The second-order valence-corrected chi connectivity index (χ2v) is 6.45. The predicted octanol–water partition coefficient (Wildman–Crippen LogP) is 3.06. The van der Waals surface area contributed by atoms with Crippen LogP contribution in [0.3, 0.4) is 0 Å². The van der Waals surface area contributed by atoms with E-state index in [1.54, 1.807) is 0 Å². The first-order valence-electron chi connectivity index (χ1n) is 8.19. The maximum atomic E-state index is 11.9. The molecule has 1 aliphatic rings. The topological polar surface area (TPSA) is 41.1 Å². The van der Waals surface area contributed by atoms with Crippen LogP contribution in [0.4, 0.5) is 0 Å². The number of hydrogen-bond donors (Lipinski definition) is 2. The van der Waals surface area contributed by atoms with Crippen LogP contribution in [0.1, 0.15) is 50.8 Å². The van der Waals surface area contributed by atoms with Crippen molar-refractivity contribution < 1.29 is 4.79 Å². The van der Waals surface area contributed by atoms with Gasteiger partial charge in [-0.25, -0.2) is 0 Å². The Balaban J connectivity index is 1.86. The quantitative estimate of drug-likeness (QED) is 0.772. The molecule has 1 saturated carbocycles.